The van der Waals surface area contributed by atoms with Crippen molar-refractivity contribution >= 4 is 11.9 Å². The summed E-state index contributed by atoms with van der Waals surface area (Å²) in [5.41, 5.74) is 0. The fourth-order valence-electron chi connectivity index (χ4n) is 3.18. The normalized spacial score (nSPS) is 16.5. The highest BCUT2D eigenvalue weighted by molar-refractivity contribution is 5.91. The van der Waals surface area contributed by atoms with Crippen LogP contribution in [0.3, 0.4) is 0 Å². The maximum absolute atomic E-state index is 12.2. The van der Waals surface area contributed by atoms with Crippen LogP contribution in [0, 0.1) is 0 Å². The van der Waals surface area contributed by atoms with Crippen LogP contribution in [0.5, 0.6) is 0 Å². The van der Waals surface area contributed by atoms with E-state index in [0.29, 0.717) is 18.8 Å². The minimum Gasteiger partial charge on any atom is -0.459 e. The second-order valence-corrected chi connectivity index (χ2v) is 6.91. The Kier molecular flexibility index (Phi) is 7.82. The SMILES string of the molecule is CCCCCCC(C)NC(=O)NC1CCN(C(=O)c2ccco2)CC1. The van der Waals surface area contributed by atoms with Crippen LogP contribution in [0.25, 0.3) is 0 Å². The lowest BCUT2D eigenvalue weighted by atomic mass is 10.0. The Balaban J connectivity index is 1.64. The summed E-state index contributed by atoms with van der Waals surface area (Å²) in [5, 5.41) is 6.05. The summed E-state index contributed by atoms with van der Waals surface area (Å²) < 4.78 is 5.16. The van der Waals surface area contributed by atoms with Crippen LogP contribution < -0.4 is 10.6 Å². The highest BCUT2D eigenvalue weighted by Crippen LogP contribution is 2.14. The van der Waals surface area contributed by atoms with Gasteiger partial charge in [0.15, 0.2) is 5.76 Å². The Morgan fingerprint density at radius 2 is 2.04 bits per heavy atom. The van der Waals surface area contributed by atoms with Crippen molar-refractivity contribution in [3.05, 3.63) is 24.2 Å². The highest BCUT2D eigenvalue weighted by Gasteiger charge is 2.25. The molecule has 140 valence electrons. The molecule has 2 rings (SSSR count). The lowest BCUT2D eigenvalue weighted by Gasteiger charge is -2.32. The molecule has 1 fully saturated rings. The minimum atomic E-state index is -0.0983. The van der Waals surface area contributed by atoms with Gasteiger partial charge in [0.05, 0.1) is 6.26 Å². The summed E-state index contributed by atoms with van der Waals surface area (Å²) in [6, 6.07) is 3.61. The van der Waals surface area contributed by atoms with Crippen LogP contribution >= 0.6 is 0 Å². The summed E-state index contributed by atoms with van der Waals surface area (Å²) in [6.45, 7) is 5.52. The molecule has 0 radical (unpaired) electrons. The molecule has 1 aliphatic rings. The van der Waals surface area contributed by atoms with Gasteiger partial charge in [0.1, 0.15) is 0 Å². The highest BCUT2D eigenvalue weighted by atomic mass is 16.3. The number of nitrogens with one attached hydrogen (secondary N) is 2. The van der Waals surface area contributed by atoms with E-state index in [1.165, 1.54) is 25.5 Å². The van der Waals surface area contributed by atoms with Crippen LogP contribution in [-0.4, -0.2) is 42.0 Å². The van der Waals surface area contributed by atoms with Crippen molar-refractivity contribution in [2.24, 2.45) is 0 Å². The molecule has 0 saturated carbocycles. The second-order valence-electron chi connectivity index (χ2n) is 6.91. The molecule has 0 spiro atoms. The fraction of sp³-hybridized carbons (Fsp3) is 0.684. The van der Waals surface area contributed by atoms with E-state index in [1.807, 2.05) is 0 Å². The molecule has 25 heavy (non-hydrogen) atoms. The standard InChI is InChI=1S/C19H31N3O3/c1-3-4-5-6-8-15(2)20-19(24)21-16-10-12-22(13-11-16)18(23)17-9-7-14-25-17/h7,9,14-16H,3-6,8,10-13H2,1-2H3,(H2,20,21,24). The van der Waals surface area contributed by atoms with E-state index in [9.17, 15) is 9.59 Å². The van der Waals surface area contributed by atoms with E-state index < -0.39 is 0 Å². The topological polar surface area (TPSA) is 74.6 Å². The predicted octanol–water partition coefficient (Wildman–Crippen LogP) is 3.54. The monoisotopic (exact) mass is 349 g/mol. The number of hydrogen-bond acceptors (Lipinski definition) is 3. The zero-order chi connectivity index (χ0) is 18.1. The number of unbranched alkanes of at least 4 members (excludes halogenated alkanes) is 3. The number of rotatable bonds is 8. The third kappa shape index (κ3) is 6.44. The van der Waals surface area contributed by atoms with Crippen molar-refractivity contribution in [3.63, 3.8) is 0 Å². The number of carbonyl (C=O) groups is 2. The number of nitrogens with zero attached hydrogens (tertiary/aromatic N) is 1. The molecule has 6 nitrogen and oxygen atoms in total. The first kappa shape index (κ1) is 19.3. The van der Waals surface area contributed by atoms with E-state index in [0.717, 1.165) is 25.7 Å². The van der Waals surface area contributed by atoms with Crippen molar-refractivity contribution in [2.45, 2.75) is 70.9 Å². The Hall–Kier alpha value is -1.98. The first-order valence-electron chi connectivity index (χ1n) is 9.50. The minimum absolute atomic E-state index is 0.0754. The maximum atomic E-state index is 12.2. The van der Waals surface area contributed by atoms with Gasteiger partial charge in [-0.25, -0.2) is 4.79 Å². The summed E-state index contributed by atoms with van der Waals surface area (Å²) in [5.74, 6) is 0.301. The molecular weight excluding hydrogens is 318 g/mol. The van der Waals surface area contributed by atoms with Crippen molar-refractivity contribution < 1.29 is 14.0 Å². The number of piperidine rings is 1. The lowest BCUT2D eigenvalue weighted by Crippen LogP contribution is -2.50. The fourth-order valence-corrected chi connectivity index (χ4v) is 3.18. The van der Waals surface area contributed by atoms with Gasteiger partial charge in [-0.1, -0.05) is 32.6 Å². The van der Waals surface area contributed by atoms with Gasteiger partial charge in [0.25, 0.3) is 5.91 Å². The molecule has 1 aliphatic heterocycles. The number of urea groups is 1. The summed E-state index contributed by atoms with van der Waals surface area (Å²) in [4.78, 5) is 26.1. The zero-order valence-electron chi connectivity index (χ0n) is 15.4. The largest absolute Gasteiger partial charge is 0.459 e. The van der Waals surface area contributed by atoms with E-state index in [2.05, 4.69) is 24.5 Å². The number of amides is 3. The van der Waals surface area contributed by atoms with E-state index in [4.69, 9.17) is 4.42 Å². The molecule has 1 atom stereocenters. The van der Waals surface area contributed by atoms with E-state index in [-0.39, 0.29) is 24.0 Å². The van der Waals surface area contributed by atoms with Gasteiger partial charge in [0, 0.05) is 25.2 Å². The maximum Gasteiger partial charge on any atom is 0.315 e. The molecule has 0 aromatic carbocycles. The molecule has 1 aromatic rings. The van der Waals surface area contributed by atoms with Crippen LogP contribution in [0.2, 0.25) is 0 Å². The molecule has 0 bridgehead atoms. The van der Waals surface area contributed by atoms with Gasteiger partial charge in [0.2, 0.25) is 0 Å². The average Bonchev–Trinajstić information content (AvgIpc) is 3.13. The van der Waals surface area contributed by atoms with Gasteiger partial charge >= 0.3 is 6.03 Å². The number of hydrogen-bond donors (Lipinski definition) is 2. The van der Waals surface area contributed by atoms with Crippen LogP contribution in [0.1, 0.15) is 69.3 Å². The van der Waals surface area contributed by atoms with Crippen molar-refractivity contribution in [3.8, 4) is 0 Å². The van der Waals surface area contributed by atoms with Gasteiger partial charge in [-0.05, 0) is 38.3 Å². The lowest BCUT2D eigenvalue weighted by molar-refractivity contribution is 0.0676. The van der Waals surface area contributed by atoms with Crippen molar-refractivity contribution in [1.29, 1.82) is 0 Å². The van der Waals surface area contributed by atoms with E-state index >= 15 is 0 Å². The van der Waals surface area contributed by atoms with Crippen LogP contribution in [-0.2, 0) is 0 Å². The molecular formula is C19H31N3O3. The molecule has 2 N–H and O–H groups in total. The van der Waals surface area contributed by atoms with Gasteiger partial charge < -0.3 is 20.0 Å². The third-order valence-electron chi connectivity index (χ3n) is 4.72. The first-order chi connectivity index (χ1) is 12.1. The van der Waals surface area contributed by atoms with Gasteiger partial charge in [-0.3, -0.25) is 4.79 Å². The Morgan fingerprint density at radius 1 is 1.28 bits per heavy atom. The predicted molar refractivity (Wildman–Crippen MR) is 97.5 cm³/mol. The van der Waals surface area contributed by atoms with Crippen molar-refractivity contribution in [1.82, 2.24) is 15.5 Å². The Labute approximate surface area is 150 Å². The van der Waals surface area contributed by atoms with Gasteiger partial charge in [-0.15, -0.1) is 0 Å². The quantitative estimate of drug-likeness (QED) is 0.705. The molecule has 1 unspecified atom stereocenters. The number of furan rings is 1. The number of likely N-dealkylation sites (tertiary alicyclic amines) is 1. The number of carbonyl (C=O) groups excluding carboxylic acids is 2. The van der Waals surface area contributed by atoms with Crippen LogP contribution in [0.15, 0.2) is 22.8 Å². The van der Waals surface area contributed by atoms with Crippen LogP contribution in [0.4, 0.5) is 4.79 Å². The molecule has 2 heterocycles. The average molecular weight is 349 g/mol. The summed E-state index contributed by atoms with van der Waals surface area (Å²) in [7, 11) is 0. The Bertz CT molecular complexity index is 522. The molecule has 1 aromatic heterocycles. The van der Waals surface area contributed by atoms with Crippen molar-refractivity contribution in [2.75, 3.05) is 13.1 Å². The first-order valence-corrected chi connectivity index (χ1v) is 9.50. The zero-order valence-corrected chi connectivity index (χ0v) is 15.4. The third-order valence-corrected chi connectivity index (χ3v) is 4.72. The molecule has 1 saturated heterocycles. The van der Waals surface area contributed by atoms with Gasteiger partial charge in [-0.2, -0.15) is 0 Å². The second kappa shape index (κ2) is 10.1. The smallest absolute Gasteiger partial charge is 0.315 e. The van der Waals surface area contributed by atoms with E-state index in [1.54, 1.807) is 17.0 Å². The summed E-state index contributed by atoms with van der Waals surface area (Å²) >= 11 is 0. The molecule has 6 heteroatoms. The molecule has 3 amide bonds. The Morgan fingerprint density at radius 3 is 2.68 bits per heavy atom. The molecule has 0 aliphatic carbocycles. The summed E-state index contributed by atoms with van der Waals surface area (Å²) in [6.07, 6.45) is 8.93.